The first kappa shape index (κ1) is 31.2. The lowest BCUT2D eigenvalue weighted by atomic mass is 9.74. The number of aromatic hydroxyl groups is 2. The molecule has 0 aliphatic rings. The van der Waals surface area contributed by atoms with E-state index in [1.165, 1.54) is 16.4 Å². The molecule has 0 saturated carbocycles. The summed E-state index contributed by atoms with van der Waals surface area (Å²) in [6, 6.07) is 19.2. The minimum atomic E-state index is -0.669. The lowest BCUT2D eigenvalue weighted by Crippen LogP contribution is -2.27. The number of phenolic OH excluding ortho intramolecular Hbond substituents is 2. The van der Waals surface area contributed by atoms with E-state index in [-0.39, 0.29) is 21.7 Å². The second-order valence-electron chi connectivity index (χ2n) is 15.5. The molecule has 0 aromatic heterocycles. The summed E-state index contributed by atoms with van der Waals surface area (Å²) in [4.78, 5) is 0. The maximum absolute atomic E-state index is 12.1. The van der Waals surface area contributed by atoms with Crippen molar-refractivity contribution < 1.29 is 10.2 Å². The molecule has 2 N–H and O–H groups in total. The van der Waals surface area contributed by atoms with Crippen molar-refractivity contribution in [3.8, 4) is 11.5 Å². The second kappa shape index (κ2) is 10.3. The number of hydrogen-bond donors (Lipinski definition) is 2. The summed E-state index contributed by atoms with van der Waals surface area (Å²) in [6.07, 6.45) is 0. The maximum Gasteiger partial charge on any atom is 0.123 e. The van der Waals surface area contributed by atoms with Crippen LogP contribution < -0.4 is 5.30 Å². The summed E-state index contributed by atoms with van der Waals surface area (Å²) in [6.45, 7) is 28.5. The lowest BCUT2D eigenvalue weighted by molar-refractivity contribution is 0.424. The Kier molecular flexibility index (Phi) is 8.22. The Morgan fingerprint density at radius 2 is 0.795 bits per heavy atom. The fraction of sp³-hybridized carbons (Fsp3) is 0.500. The van der Waals surface area contributed by atoms with Crippen LogP contribution in [0, 0.1) is 0 Å². The minimum absolute atomic E-state index is 0.106. The van der Waals surface area contributed by atoms with Gasteiger partial charge in [-0.05, 0) is 56.1 Å². The van der Waals surface area contributed by atoms with Gasteiger partial charge in [0.25, 0.3) is 0 Å². The number of benzene rings is 3. The van der Waals surface area contributed by atoms with Crippen LogP contribution >= 0.6 is 8.58 Å². The lowest BCUT2D eigenvalue weighted by Gasteiger charge is -2.38. The number of rotatable bonds is 4. The molecule has 3 heteroatoms. The molecule has 1 atom stereocenters. The van der Waals surface area contributed by atoms with Crippen molar-refractivity contribution in [2.24, 2.45) is 0 Å². The largest absolute Gasteiger partial charge is 0.507 e. The van der Waals surface area contributed by atoms with Crippen molar-refractivity contribution in [2.45, 2.75) is 117 Å². The molecule has 3 aromatic carbocycles. The van der Waals surface area contributed by atoms with Crippen molar-refractivity contribution in [2.75, 3.05) is 0 Å². The van der Waals surface area contributed by atoms with Crippen molar-refractivity contribution in [1.82, 2.24) is 0 Å². The number of hydrogen-bond acceptors (Lipinski definition) is 2. The van der Waals surface area contributed by atoms with Crippen LogP contribution in [-0.2, 0) is 26.8 Å². The second-order valence-corrected chi connectivity index (χ2v) is 17.3. The van der Waals surface area contributed by atoms with E-state index in [1.807, 2.05) is 6.07 Å². The Morgan fingerprint density at radius 3 is 1.10 bits per heavy atom. The van der Waals surface area contributed by atoms with Gasteiger partial charge in [-0.25, -0.2) is 0 Å². The molecule has 1 unspecified atom stereocenters. The summed E-state index contributed by atoms with van der Waals surface area (Å²) in [5, 5.41) is 24.6. The normalized spacial score (nSPS) is 13.9. The van der Waals surface area contributed by atoms with E-state index in [0.29, 0.717) is 20.1 Å². The fourth-order valence-corrected chi connectivity index (χ4v) is 6.72. The van der Waals surface area contributed by atoms with Crippen LogP contribution in [0.2, 0.25) is 0 Å². The zero-order valence-electron chi connectivity index (χ0n) is 26.6. The van der Waals surface area contributed by atoms with Gasteiger partial charge in [0.15, 0.2) is 0 Å². The molecule has 3 rings (SSSR count). The zero-order chi connectivity index (χ0) is 29.8. The highest BCUT2D eigenvalue weighted by Gasteiger charge is 2.40. The SMILES string of the molecule is CC(C)(C)c1cc(C(C)(C)C)c(O)c(C(C)(Pc2ccccc2)c2cc(C(C)(C)C)cc(C(C)(C)C)c2O)c1. The summed E-state index contributed by atoms with van der Waals surface area (Å²) in [5.41, 5.74) is 5.31. The summed E-state index contributed by atoms with van der Waals surface area (Å²) < 4.78 is 0. The van der Waals surface area contributed by atoms with Gasteiger partial charge in [0, 0.05) is 16.3 Å². The van der Waals surface area contributed by atoms with Crippen molar-refractivity contribution in [3.05, 3.63) is 88.0 Å². The molecule has 0 fully saturated rings. The van der Waals surface area contributed by atoms with E-state index < -0.39 is 5.16 Å². The molecule has 0 radical (unpaired) electrons. The van der Waals surface area contributed by atoms with Crippen LogP contribution in [-0.4, -0.2) is 10.2 Å². The smallest absolute Gasteiger partial charge is 0.123 e. The maximum atomic E-state index is 12.1. The van der Waals surface area contributed by atoms with Gasteiger partial charge in [-0.2, -0.15) is 0 Å². The molecule has 212 valence electrons. The van der Waals surface area contributed by atoms with Crippen molar-refractivity contribution in [3.63, 3.8) is 0 Å². The van der Waals surface area contributed by atoms with Crippen molar-refractivity contribution >= 4 is 13.9 Å². The highest BCUT2D eigenvalue weighted by Crippen LogP contribution is 2.56. The summed E-state index contributed by atoms with van der Waals surface area (Å²) in [7, 11) is 0.295. The van der Waals surface area contributed by atoms with Crippen LogP contribution in [0.15, 0.2) is 54.6 Å². The molecule has 2 nitrogen and oxygen atoms in total. The molecule has 0 heterocycles. The molecule has 0 aliphatic carbocycles. The van der Waals surface area contributed by atoms with Gasteiger partial charge in [-0.15, -0.1) is 0 Å². The van der Waals surface area contributed by atoms with Gasteiger partial charge < -0.3 is 10.2 Å². The first-order chi connectivity index (χ1) is 17.6. The van der Waals surface area contributed by atoms with Gasteiger partial charge in [0.2, 0.25) is 0 Å². The third kappa shape index (κ3) is 6.54. The minimum Gasteiger partial charge on any atom is -0.507 e. The third-order valence-corrected chi connectivity index (χ3v) is 9.47. The average molecular weight is 547 g/mol. The topological polar surface area (TPSA) is 40.5 Å². The molecule has 0 spiro atoms. The molecule has 0 saturated heterocycles. The Bertz CT molecular complexity index is 1240. The van der Waals surface area contributed by atoms with E-state index in [4.69, 9.17) is 0 Å². The molecular weight excluding hydrogens is 495 g/mol. The molecule has 0 bridgehead atoms. The first-order valence-corrected chi connectivity index (χ1v) is 15.2. The standard InChI is InChI=1S/C36H51O2P/c1-32(2,3)23-19-26(34(7,8)9)30(37)28(21-23)36(13,39-25-17-15-14-16-18-25)29-22-24(33(4,5)6)20-27(31(29)38)35(10,11)12/h14-22,37-39H,1-13H3. The van der Waals surface area contributed by atoms with Gasteiger partial charge in [-0.3, -0.25) is 0 Å². The molecule has 0 amide bonds. The van der Waals surface area contributed by atoms with E-state index in [1.54, 1.807) is 0 Å². The molecule has 0 aliphatic heterocycles. The summed E-state index contributed by atoms with van der Waals surface area (Å²) in [5.74, 6) is 0.665. The summed E-state index contributed by atoms with van der Waals surface area (Å²) >= 11 is 0. The average Bonchev–Trinajstić information content (AvgIpc) is 2.76. The van der Waals surface area contributed by atoms with E-state index in [2.05, 4.69) is 139 Å². The zero-order valence-corrected chi connectivity index (χ0v) is 27.6. The highest BCUT2D eigenvalue weighted by atomic mass is 31.1. The number of phenols is 2. The van der Waals surface area contributed by atoms with Crippen LogP contribution in [0.1, 0.15) is 123 Å². The molecular formula is C36H51O2P. The fourth-order valence-electron chi connectivity index (χ4n) is 5.13. The van der Waals surface area contributed by atoms with Crippen LogP contribution in [0.25, 0.3) is 0 Å². The Morgan fingerprint density at radius 1 is 0.462 bits per heavy atom. The molecule has 39 heavy (non-hydrogen) atoms. The Hall–Kier alpha value is -2.31. The first-order valence-electron chi connectivity index (χ1n) is 14.2. The van der Waals surface area contributed by atoms with E-state index in [9.17, 15) is 10.2 Å². The van der Waals surface area contributed by atoms with Crippen LogP contribution in [0.5, 0.6) is 11.5 Å². The van der Waals surface area contributed by atoms with Crippen LogP contribution in [0.3, 0.4) is 0 Å². The Labute approximate surface area is 240 Å². The van der Waals surface area contributed by atoms with E-state index >= 15 is 0 Å². The van der Waals surface area contributed by atoms with Crippen molar-refractivity contribution in [1.29, 1.82) is 0 Å². The van der Waals surface area contributed by atoms with Gasteiger partial charge >= 0.3 is 0 Å². The Balaban J connectivity index is 2.56. The quantitative estimate of drug-likeness (QED) is 0.320. The van der Waals surface area contributed by atoms with Gasteiger partial charge in [-0.1, -0.05) is 146 Å². The van der Waals surface area contributed by atoms with Gasteiger partial charge in [0.05, 0.1) is 0 Å². The molecule has 3 aromatic rings. The highest BCUT2D eigenvalue weighted by molar-refractivity contribution is 7.48. The van der Waals surface area contributed by atoms with E-state index in [0.717, 1.165) is 22.3 Å². The third-order valence-electron chi connectivity index (χ3n) is 7.81. The predicted molar refractivity (Wildman–Crippen MR) is 172 cm³/mol. The van der Waals surface area contributed by atoms with Crippen LogP contribution in [0.4, 0.5) is 0 Å². The van der Waals surface area contributed by atoms with Gasteiger partial charge in [0.1, 0.15) is 11.5 Å². The monoisotopic (exact) mass is 546 g/mol. The predicted octanol–water partition coefficient (Wildman–Crippen LogP) is 9.56.